The van der Waals surface area contributed by atoms with Gasteiger partial charge in [-0.25, -0.2) is 0 Å². The van der Waals surface area contributed by atoms with Gasteiger partial charge in [-0.15, -0.1) is 0 Å². The van der Waals surface area contributed by atoms with Crippen LogP contribution >= 0.6 is 11.8 Å². The number of hydrogen-bond donors (Lipinski definition) is 0. The molecule has 0 N–H and O–H groups in total. The van der Waals surface area contributed by atoms with Crippen molar-refractivity contribution in [1.29, 1.82) is 0 Å². The largest absolute Gasteiger partial charge is 0.466 e. The Kier molecular flexibility index (Phi) is 10.3. The molecule has 1 aromatic heterocycles. The summed E-state index contributed by atoms with van der Waals surface area (Å²) >= 11 is 1.42. The number of allylic oxidation sites excluding steroid dienone is 1. The second-order valence-electron chi connectivity index (χ2n) is 10.8. The van der Waals surface area contributed by atoms with E-state index in [9.17, 15) is 9.59 Å². The maximum Gasteiger partial charge on any atom is 0.306 e. The molecule has 222 valence electrons. The average Bonchev–Trinajstić information content (AvgIpc) is 3.50. The SMILES string of the molecule is CCOC(=O)CCc1cnn(C/C=C2\CN(C(c3ccccc3)(c3ccccc3)c3ccccc3)CCC2SC(C)=O)c1. The number of nitrogens with zero attached hydrogens (tertiary/aromatic N) is 3. The Morgan fingerprint density at radius 1 is 0.953 bits per heavy atom. The summed E-state index contributed by atoms with van der Waals surface area (Å²) in [6, 6.07) is 32.2. The van der Waals surface area contributed by atoms with Gasteiger partial charge in [0.05, 0.1) is 24.9 Å². The van der Waals surface area contributed by atoms with Crippen LogP contribution in [-0.4, -0.2) is 50.7 Å². The highest BCUT2D eigenvalue weighted by molar-refractivity contribution is 8.14. The number of ether oxygens (including phenoxy) is 1. The third-order valence-electron chi connectivity index (χ3n) is 7.96. The van der Waals surface area contributed by atoms with Crippen LogP contribution in [0, 0.1) is 0 Å². The Bertz CT molecular complexity index is 1420. The molecule has 1 atom stereocenters. The first-order valence-electron chi connectivity index (χ1n) is 15.0. The molecule has 1 unspecified atom stereocenters. The number of carbonyl (C=O) groups excluding carboxylic acids is 2. The standard InChI is InChI=1S/C36H39N3O3S/c1-3-42-35(41)20-19-29-25-37-39(26-29)24-21-30-27-38(23-22-34(30)43-28(2)40)36(31-13-7-4-8-14-31,32-15-9-5-10-16-32)33-17-11-6-12-18-33/h4-18,21,25-26,34H,3,19-20,22-24,27H2,1-2H3/b30-21+. The lowest BCUT2D eigenvalue weighted by atomic mass is 9.74. The zero-order chi connectivity index (χ0) is 30.1. The van der Waals surface area contributed by atoms with Crippen molar-refractivity contribution in [2.75, 3.05) is 19.7 Å². The van der Waals surface area contributed by atoms with E-state index in [1.54, 1.807) is 6.92 Å². The highest BCUT2D eigenvalue weighted by Crippen LogP contribution is 2.45. The van der Waals surface area contributed by atoms with Crippen molar-refractivity contribution in [2.45, 2.75) is 50.4 Å². The number of aromatic nitrogens is 2. The van der Waals surface area contributed by atoms with Crippen molar-refractivity contribution in [3.8, 4) is 0 Å². The lowest BCUT2D eigenvalue weighted by Gasteiger charge is -2.49. The fourth-order valence-electron chi connectivity index (χ4n) is 6.09. The number of hydrogen-bond acceptors (Lipinski definition) is 6. The molecule has 1 aliphatic rings. The summed E-state index contributed by atoms with van der Waals surface area (Å²) < 4.78 is 6.97. The zero-order valence-electron chi connectivity index (χ0n) is 24.9. The van der Waals surface area contributed by atoms with Gasteiger partial charge in [-0.2, -0.15) is 5.10 Å². The van der Waals surface area contributed by atoms with Crippen LogP contribution in [0.5, 0.6) is 0 Å². The van der Waals surface area contributed by atoms with E-state index >= 15 is 0 Å². The van der Waals surface area contributed by atoms with Gasteiger partial charge in [-0.05, 0) is 47.6 Å². The number of rotatable bonds is 11. The van der Waals surface area contributed by atoms with Crippen LogP contribution in [0.4, 0.5) is 0 Å². The third-order valence-corrected chi connectivity index (χ3v) is 9.11. The highest BCUT2D eigenvalue weighted by atomic mass is 32.2. The van der Waals surface area contributed by atoms with Crippen LogP contribution in [0.1, 0.15) is 48.9 Å². The van der Waals surface area contributed by atoms with Gasteiger partial charge in [0.2, 0.25) is 0 Å². The van der Waals surface area contributed by atoms with E-state index in [4.69, 9.17) is 4.74 Å². The second kappa shape index (κ2) is 14.5. The lowest BCUT2D eigenvalue weighted by molar-refractivity contribution is -0.143. The molecule has 4 aromatic rings. The van der Waals surface area contributed by atoms with Gasteiger partial charge in [0.15, 0.2) is 5.12 Å². The summed E-state index contributed by atoms with van der Waals surface area (Å²) in [5.41, 5.74) is 5.35. The molecule has 0 aliphatic carbocycles. The molecule has 2 heterocycles. The Morgan fingerprint density at radius 3 is 2.07 bits per heavy atom. The first kappa shape index (κ1) is 30.5. The molecule has 43 heavy (non-hydrogen) atoms. The van der Waals surface area contributed by atoms with E-state index in [1.807, 2.05) is 24.0 Å². The number of carbonyl (C=O) groups is 2. The van der Waals surface area contributed by atoms with Gasteiger partial charge in [0.25, 0.3) is 0 Å². The summed E-state index contributed by atoms with van der Waals surface area (Å²) in [6.07, 6.45) is 7.84. The first-order chi connectivity index (χ1) is 21.0. The summed E-state index contributed by atoms with van der Waals surface area (Å²) in [5, 5.41) is 4.79. The Labute approximate surface area is 258 Å². The molecule has 6 nitrogen and oxygen atoms in total. The molecule has 0 spiro atoms. The molecule has 1 saturated heterocycles. The molecule has 5 rings (SSSR count). The summed E-state index contributed by atoms with van der Waals surface area (Å²) in [5.74, 6) is -0.192. The van der Waals surface area contributed by atoms with Gasteiger partial charge in [-0.3, -0.25) is 19.2 Å². The van der Waals surface area contributed by atoms with Crippen LogP contribution in [0.15, 0.2) is 115 Å². The molecular weight excluding hydrogens is 554 g/mol. The summed E-state index contributed by atoms with van der Waals surface area (Å²) in [7, 11) is 0. The number of benzene rings is 3. The van der Waals surface area contributed by atoms with E-state index in [0.29, 0.717) is 32.5 Å². The summed E-state index contributed by atoms with van der Waals surface area (Å²) in [4.78, 5) is 26.7. The number of piperidine rings is 1. The van der Waals surface area contributed by atoms with Gasteiger partial charge in [0.1, 0.15) is 0 Å². The second-order valence-corrected chi connectivity index (χ2v) is 12.2. The van der Waals surface area contributed by atoms with E-state index in [-0.39, 0.29) is 16.3 Å². The van der Waals surface area contributed by atoms with E-state index in [0.717, 1.165) is 18.5 Å². The van der Waals surface area contributed by atoms with Crippen LogP contribution in [0.25, 0.3) is 0 Å². The van der Waals surface area contributed by atoms with Crippen molar-refractivity contribution < 1.29 is 14.3 Å². The average molecular weight is 594 g/mol. The molecule has 0 bridgehead atoms. The smallest absolute Gasteiger partial charge is 0.306 e. The maximum absolute atomic E-state index is 12.3. The molecule has 1 fully saturated rings. The number of thioether (sulfide) groups is 1. The fraction of sp³-hybridized carbons (Fsp3) is 0.306. The quantitative estimate of drug-likeness (QED) is 0.110. The van der Waals surface area contributed by atoms with Crippen molar-refractivity contribution in [3.05, 3.63) is 137 Å². The Balaban J connectivity index is 1.50. The summed E-state index contributed by atoms with van der Waals surface area (Å²) in [6.45, 7) is 5.99. The molecule has 0 amide bonds. The van der Waals surface area contributed by atoms with Gasteiger partial charge >= 0.3 is 5.97 Å². The van der Waals surface area contributed by atoms with Crippen molar-refractivity contribution in [1.82, 2.24) is 14.7 Å². The monoisotopic (exact) mass is 593 g/mol. The van der Waals surface area contributed by atoms with E-state index in [2.05, 4.69) is 107 Å². The molecule has 0 saturated carbocycles. The van der Waals surface area contributed by atoms with Crippen molar-refractivity contribution in [3.63, 3.8) is 0 Å². The molecular formula is C36H39N3O3S. The van der Waals surface area contributed by atoms with E-state index in [1.165, 1.54) is 34.0 Å². The predicted molar refractivity (Wildman–Crippen MR) is 173 cm³/mol. The third kappa shape index (κ3) is 7.17. The number of aryl methyl sites for hydroxylation is 1. The fourth-order valence-corrected chi connectivity index (χ4v) is 7.03. The topological polar surface area (TPSA) is 64.4 Å². The van der Waals surface area contributed by atoms with Gasteiger partial charge in [0, 0.05) is 37.9 Å². The van der Waals surface area contributed by atoms with Gasteiger partial charge < -0.3 is 4.74 Å². The minimum absolute atomic E-state index is 0.104. The zero-order valence-corrected chi connectivity index (χ0v) is 25.7. The number of esters is 1. The van der Waals surface area contributed by atoms with Crippen LogP contribution < -0.4 is 0 Å². The highest BCUT2D eigenvalue weighted by Gasteiger charge is 2.44. The first-order valence-corrected chi connectivity index (χ1v) is 15.8. The van der Waals surface area contributed by atoms with Gasteiger partial charge in [-0.1, -0.05) is 109 Å². The Hall–Kier alpha value is -3.94. The minimum atomic E-state index is -0.513. The lowest BCUT2D eigenvalue weighted by Crippen LogP contribution is -2.52. The normalized spacial score (nSPS) is 16.7. The van der Waals surface area contributed by atoms with Crippen LogP contribution in [0.3, 0.4) is 0 Å². The Morgan fingerprint density at radius 2 is 1.53 bits per heavy atom. The maximum atomic E-state index is 12.3. The molecule has 3 aromatic carbocycles. The van der Waals surface area contributed by atoms with Crippen LogP contribution in [-0.2, 0) is 32.8 Å². The predicted octanol–water partition coefficient (Wildman–Crippen LogP) is 6.65. The minimum Gasteiger partial charge on any atom is -0.466 e. The molecule has 1 aliphatic heterocycles. The number of likely N-dealkylation sites (tertiary alicyclic amines) is 1. The van der Waals surface area contributed by atoms with E-state index < -0.39 is 5.54 Å². The van der Waals surface area contributed by atoms with Crippen LogP contribution in [0.2, 0.25) is 0 Å². The molecule has 7 heteroatoms. The van der Waals surface area contributed by atoms with Crippen molar-refractivity contribution >= 4 is 22.8 Å². The molecule has 0 radical (unpaired) electrons. The van der Waals surface area contributed by atoms with Crippen molar-refractivity contribution in [2.24, 2.45) is 0 Å².